The maximum Gasteiger partial charge on any atom is 0.00683 e. The Balaban J connectivity index is 1.55. The van der Waals surface area contributed by atoms with E-state index in [1.54, 1.807) is 11.1 Å². The van der Waals surface area contributed by atoms with Crippen LogP contribution in [0.3, 0.4) is 0 Å². The van der Waals surface area contributed by atoms with Crippen LogP contribution < -0.4 is 5.32 Å². The van der Waals surface area contributed by atoms with Crippen molar-refractivity contribution >= 4 is 0 Å². The lowest BCUT2D eigenvalue weighted by molar-refractivity contribution is 0.478. The molecule has 0 bridgehead atoms. The minimum Gasteiger partial charge on any atom is -0.314 e. The Morgan fingerprint density at radius 2 is 2.12 bits per heavy atom. The molecule has 1 nitrogen and oxygen atoms in total. The molecule has 1 heteroatoms. The monoisotopic (exact) mass is 227 g/mol. The molecule has 90 valence electrons. The molecule has 2 unspecified atom stereocenters. The van der Waals surface area contributed by atoms with Crippen molar-refractivity contribution in [2.24, 2.45) is 5.92 Å². The van der Waals surface area contributed by atoms with Crippen molar-refractivity contribution in [3.05, 3.63) is 35.4 Å². The van der Waals surface area contributed by atoms with Crippen LogP contribution in [-0.4, -0.2) is 12.6 Å². The molecule has 3 aliphatic carbocycles. The summed E-state index contributed by atoms with van der Waals surface area (Å²) in [6.07, 6.45) is 8.40. The lowest BCUT2D eigenvalue weighted by Gasteiger charge is -2.26. The van der Waals surface area contributed by atoms with E-state index in [0.717, 1.165) is 12.0 Å². The van der Waals surface area contributed by atoms with Crippen LogP contribution in [0.4, 0.5) is 0 Å². The molecule has 1 aromatic rings. The van der Waals surface area contributed by atoms with Crippen LogP contribution in [-0.2, 0) is 11.8 Å². The van der Waals surface area contributed by atoms with Crippen LogP contribution in [0.15, 0.2) is 24.3 Å². The quantitative estimate of drug-likeness (QED) is 0.837. The van der Waals surface area contributed by atoms with E-state index in [4.69, 9.17) is 0 Å². The Bertz CT molecular complexity index is 435. The fourth-order valence-corrected chi connectivity index (χ4v) is 3.83. The lowest BCUT2D eigenvalue weighted by atomic mass is 9.78. The second-order valence-electron chi connectivity index (χ2n) is 6.25. The molecule has 2 fully saturated rings. The van der Waals surface area contributed by atoms with Gasteiger partial charge >= 0.3 is 0 Å². The first kappa shape index (κ1) is 10.1. The highest BCUT2D eigenvalue weighted by Gasteiger charge is 2.56. The van der Waals surface area contributed by atoms with Gasteiger partial charge in [-0.1, -0.05) is 24.3 Å². The highest BCUT2D eigenvalue weighted by molar-refractivity contribution is 5.42. The van der Waals surface area contributed by atoms with E-state index in [1.165, 1.54) is 45.1 Å². The van der Waals surface area contributed by atoms with Crippen LogP contribution in [0, 0.1) is 5.92 Å². The maximum absolute atomic E-state index is 3.72. The van der Waals surface area contributed by atoms with E-state index in [9.17, 15) is 0 Å². The third kappa shape index (κ3) is 1.63. The number of nitrogens with one attached hydrogen (secondary N) is 1. The summed E-state index contributed by atoms with van der Waals surface area (Å²) in [5.74, 6) is 0.921. The summed E-state index contributed by atoms with van der Waals surface area (Å²) in [7, 11) is 0. The smallest absolute Gasteiger partial charge is 0.00683 e. The fourth-order valence-electron chi connectivity index (χ4n) is 3.83. The van der Waals surface area contributed by atoms with Crippen molar-refractivity contribution in [1.29, 1.82) is 0 Å². The third-order valence-corrected chi connectivity index (χ3v) is 5.09. The Labute approximate surface area is 104 Å². The van der Waals surface area contributed by atoms with Gasteiger partial charge in [-0.05, 0) is 67.5 Å². The first-order valence-electron chi connectivity index (χ1n) is 7.20. The van der Waals surface area contributed by atoms with Crippen LogP contribution in [0.2, 0.25) is 0 Å². The number of hydrogen-bond donors (Lipinski definition) is 1. The van der Waals surface area contributed by atoms with Crippen molar-refractivity contribution in [3.63, 3.8) is 0 Å². The molecule has 3 aliphatic rings. The predicted molar refractivity (Wildman–Crippen MR) is 70.2 cm³/mol. The molecule has 1 N–H and O–H groups in total. The van der Waals surface area contributed by atoms with Crippen LogP contribution in [0.25, 0.3) is 0 Å². The van der Waals surface area contributed by atoms with Crippen molar-refractivity contribution in [2.75, 3.05) is 6.54 Å². The highest BCUT2D eigenvalue weighted by atomic mass is 15.0. The van der Waals surface area contributed by atoms with Gasteiger partial charge < -0.3 is 5.32 Å². The summed E-state index contributed by atoms with van der Waals surface area (Å²) >= 11 is 0. The lowest BCUT2D eigenvalue weighted by Crippen LogP contribution is -2.25. The minimum atomic E-state index is 0.580. The molecule has 0 heterocycles. The molecule has 0 saturated heterocycles. The number of benzene rings is 1. The van der Waals surface area contributed by atoms with Crippen molar-refractivity contribution in [1.82, 2.24) is 5.32 Å². The largest absolute Gasteiger partial charge is 0.314 e. The van der Waals surface area contributed by atoms with E-state index in [1.807, 2.05) is 0 Å². The van der Waals surface area contributed by atoms with Gasteiger partial charge in [0.25, 0.3) is 0 Å². The molecule has 1 aromatic carbocycles. The zero-order valence-corrected chi connectivity index (χ0v) is 10.4. The molecule has 2 atom stereocenters. The van der Waals surface area contributed by atoms with Crippen LogP contribution in [0.5, 0.6) is 0 Å². The standard InChI is InChI=1S/C16H21N/c1-2-6-15-12(4-1)5-3-9-16(15)10-13(16)11-17-14-7-8-14/h1-2,4,6,13-14,17H,3,5,7-11H2. The second kappa shape index (κ2) is 3.58. The minimum absolute atomic E-state index is 0.580. The molecular formula is C16H21N. The zero-order valence-electron chi connectivity index (χ0n) is 10.4. The molecule has 17 heavy (non-hydrogen) atoms. The van der Waals surface area contributed by atoms with Crippen LogP contribution >= 0.6 is 0 Å². The molecular weight excluding hydrogens is 206 g/mol. The average Bonchev–Trinajstić information content (AvgIpc) is 3.24. The SMILES string of the molecule is c1ccc2c(c1)CCCC21CC1CNC1CC1. The topological polar surface area (TPSA) is 12.0 Å². The van der Waals surface area contributed by atoms with Crippen molar-refractivity contribution < 1.29 is 0 Å². The maximum atomic E-state index is 3.72. The fraction of sp³-hybridized carbons (Fsp3) is 0.625. The first-order valence-corrected chi connectivity index (χ1v) is 7.20. The Morgan fingerprint density at radius 1 is 1.24 bits per heavy atom. The van der Waals surface area contributed by atoms with Gasteiger partial charge in [-0.25, -0.2) is 0 Å². The van der Waals surface area contributed by atoms with E-state index in [0.29, 0.717) is 5.41 Å². The molecule has 0 amide bonds. The Morgan fingerprint density at radius 3 is 3.00 bits per heavy atom. The summed E-state index contributed by atoms with van der Waals surface area (Å²) < 4.78 is 0. The second-order valence-corrected chi connectivity index (χ2v) is 6.25. The summed E-state index contributed by atoms with van der Waals surface area (Å²) in [4.78, 5) is 0. The van der Waals surface area contributed by atoms with Gasteiger partial charge in [-0.15, -0.1) is 0 Å². The van der Waals surface area contributed by atoms with E-state index in [2.05, 4.69) is 29.6 Å². The number of aryl methyl sites for hydroxylation is 1. The molecule has 2 saturated carbocycles. The molecule has 0 aliphatic heterocycles. The van der Waals surface area contributed by atoms with Gasteiger partial charge in [0.1, 0.15) is 0 Å². The van der Waals surface area contributed by atoms with E-state index < -0.39 is 0 Å². The number of rotatable bonds is 3. The predicted octanol–water partition coefficient (Wildman–Crippen LogP) is 3.03. The van der Waals surface area contributed by atoms with E-state index >= 15 is 0 Å². The molecule has 1 spiro atoms. The van der Waals surface area contributed by atoms with Gasteiger partial charge in [0, 0.05) is 6.04 Å². The summed E-state index contributed by atoms with van der Waals surface area (Å²) in [6.45, 7) is 1.26. The van der Waals surface area contributed by atoms with E-state index in [-0.39, 0.29) is 0 Å². The zero-order chi connectivity index (χ0) is 11.3. The summed E-state index contributed by atoms with van der Waals surface area (Å²) in [6, 6.07) is 10.0. The normalized spacial score (nSPS) is 34.7. The average molecular weight is 227 g/mol. The van der Waals surface area contributed by atoms with Gasteiger partial charge in [-0.3, -0.25) is 0 Å². The molecule has 4 rings (SSSR count). The van der Waals surface area contributed by atoms with Crippen molar-refractivity contribution in [2.45, 2.75) is 50.0 Å². The van der Waals surface area contributed by atoms with Gasteiger partial charge in [-0.2, -0.15) is 0 Å². The van der Waals surface area contributed by atoms with Gasteiger partial charge in [0.15, 0.2) is 0 Å². The Hall–Kier alpha value is -0.820. The third-order valence-electron chi connectivity index (χ3n) is 5.09. The highest BCUT2D eigenvalue weighted by Crippen LogP contribution is 2.60. The number of hydrogen-bond acceptors (Lipinski definition) is 1. The molecule has 0 radical (unpaired) electrons. The summed E-state index contributed by atoms with van der Waals surface area (Å²) in [5, 5.41) is 3.72. The first-order chi connectivity index (χ1) is 8.38. The Kier molecular flexibility index (Phi) is 2.14. The van der Waals surface area contributed by atoms with Gasteiger partial charge in [0.05, 0.1) is 0 Å². The van der Waals surface area contributed by atoms with Crippen LogP contribution in [0.1, 0.15) is 43.2 Å². The van der Waals surface area contributed by atoms with Crippen molar-refractivity contribution in [3.8, 4) is 0 Å². The van der Waals surface area contributed by atoms with Gasteiger partial charge in [0.2, 0.25) is 0 Å². The number of fused-ring (bicyclic) bond motifs is 2. The summed E-state index contributed by atoms with van der Waals surface area (Å²) in [5.41, 5.74) is 3.90. The molecule has 0 aromatic heterocycles.